The Bertz CT molecular complexity index is 617. The highest BCUT2D eigenvalue weighted by Gasteiger charge is 2.07. The lowest BCUT2D eigenvalue weighted by molar-refractivity contribution is -0.116. The molecule has 0 aliphatic carbocycles. The number of aromatic nitrogens is 3. The summed E-state index contributed by atoms with van der Waals surface area (Å²) >= 11 is 4.85. The molecule has 0 radical (unpaired) electrons. The van der Waals surface area contributed by atoms with Crippen LogP contribution in [-0.2, 0) is 17.6 Å². The van der Waals surface area contributed by atoms with Crippen molar-refractivity contribution in [1.29, 1.82) is 0 Å². The number of hydrogen-bond donors (Lipinski definition) is 3. The summed E-state index contributed by atoms with van der Waals surface area (Å²) in [6.07, 6.45) is 1.80. The Balaban J connectivity index is 1.92. The van der Waals surface area contributed by atoms with Crippen LogP contribution in [0.3, 0.4) is 0 Å². The van der Waals surface area contributed by atoms with Crippen LogP contribution in [-0.4, -0.2) is 21.1 Å². The maximum absolute atomic E-state index is 11.9. The van der Waals surface area contributed by atoms with E-state index >= 15 is 0 Å². The smallest absolute Gasteiger partial charge is 0.224 e. The van der Waals surface area contributed by atoms with Gasteiger partial charge >= 0.3 is 0 Å². The first-order valence-corrected chi connectivity index (χ1v) is 6.61. The van der Waals surface area contributed by atoms with Crippen molar-refractivity contribution in [2.24, 2.45) is 0 Å². The van der Waals surface area contributed by atoms with Crippen LogP contribution in [0.5, 0.6) is 0 Å². The van der Waals surface area contributed by atoms with E-state index in [0.29, 0.717) is 23.4 Å². The Morgan fingerprint density at radius 1 is 1.37 bits per heavy atom. The summed E-state index contributed by atoms with van der Waals surface area (Å²) in [4.78, 5) is 15.9. The minimum absolute atomic E-state index is 0.0248. The minimum Gasteiger partial charge on any atom is -0.326 e. The number of H-pyrrole nitrogens is 2. The molecule has 1 aromatic heterocycles. The van der Waals surface area contributed by atoms with Gasteiger partial charge in [-0.05, 0) is 30.3 Å². The number of benzene rings is 1. The van der Waals surface area contributed by atoms with Gasteiger partial charge in [0.2, 0.25) is 10.7 Å². The van der Waals surface area contributed by atoms with Gasteiger partial charge in [0.05, 0.1) is 0 Å². The number of anilines is 1. The molecule has 0 fully saturated rings. The van der Waals surface area contributed by atoms with Gasteiger partial charge in [-0.2, -0.15) is 0 Å². The Morgan fingerprint density at radius 2 is 2.16 bits per heavy atom. The highest BCUT2D eigenvalue weighted by molar-refractivity contribution is 7.71. The topological polar surface area (TPSA) is 73.6 Å². The Morgan fingerprint density at radius 3 is 2.84 bits per heavy atom. The Labute approximate surface area is 116 Å². The molecular weight excluding hydrogens is 260 g/mol. The van der Waals surface area contributed by atoms with Crippen LogP contribution < -0.4 is 5.32 Å². The summed E-state index contributed by atoms with van der Waals surface area (Å²) < 4.78 is 0.409. The predicted octanol–water partition coefficient (Wildman–Crippen LogP) is 2.60. The molecule has 1 heterocycles. The standard InChI is InChI=1S/C13H16N4OS/c1-2-9-5-3-4-6-10(9)14-12(18)8-7-11-15-13(19)17-16-11/h3-6H,2,7-8H2,1H3,(H,14,18)(H2,15,16,17,19). The first kappa shape index (κ1) is 13.5. The second kappa shape index (κ2) is 6.29. The zero-order valence-electron chi connectivity index (χ0n) is 10.7. The molecule has 1 amide bonds. The summed E-state index contributed by atoms with van der Waals surface area (Å²) in [5, 5.41) is 8.46. The summed E-state index contributed by atoms with van der Waals surface area (Å²) in [5.74, 6) is 0.673. The largest absolute Gasteiger partial charge is 0.326 e. The number of hydrogen-bond acceptors (Lipinski definition) is 3. The van der Waals surface area contributed by atoms with E-state index in [1.807, 2.05) is 24.3 Å². The normalized spacial score (nSPS) is 10.4. The van der Waals surface area contributed by atoms with Crippen LogP contribution in [0.4, 0.5) is 5.69 Å². The molecule has 0 bridgehead atoms. The van der Waals surface area contributed by atoms with Crippen molar-refractivity contribution in [3.05, 3.63) is 40.4 Å². The zero-order valence-corrected chi connectivity index (χ0v) is 11.5. The molecule has 0 atom stereocenters. The van der Waals surface area contributed by atoms with Crippen molar-refractivity contribution in [1.82, 2.24) is 15.2 Å². The fraction of sp³-hybridized carbons (Fsp3) is 0.308. The molecule has 3 N–H and O–H groups in total. The van der Waals surface area contributed by atoms with E-state index in [9.17, 15) is 4.79 Å². The van der Waals surface area contributed by atoms with E-state index in [4.69, 9.17) is 12.2 Å². The van der Waals surface area contributed by atoms with E-state index in [1.165, 1.54) is 0 Å². The fourth-order valence-electron chi connectivity index (χ4n) is 1.82. The van der Waals surface area contributed by atoms with Gasteiger partial charge in [0, 0.05) is 18.5 Å². The predicted molar refractivity (Wildman–Crippen MR) is 76.5 cm³/mol. The van der Waals surface area contributed by atoms with E-state index in [2.05, 4.69) is 27.4 Å². The average Bonchev–Trinajstić information content (AvgIpc) is 2.83. The average molecular weight is 276 g/mol. The molecule has 0 unspecified atom stereocenters. The molecule has 0 aliphatic rings. The Hall–Kier alpha value is -1.95. The molecule has 5 nitrogen and oxygen atoms in total. The van der Waals surface area contributed by atoms with Crippen LogP contribution >= 0.6 is 12.2 Å². The van der Waals surface area contributed by atoms with Crippen LogP contribution in [0.15, 0.2) is 24.3 Å². The lowest BCUT2D eigenvalue weighted by Gasteiger charge is -2.09. The zero-order chi connectivity index (χ0) is 13.7. The van der Waals surface area contributed by atoms with Gasteiger partial charge in [0.15, 0.2) is 0 Å². The van der Waals surface area contributed by atoms with E-state index < -0.39 is 0 Å². The molecule has 0 spiro atoms. The third-order valence-electron chi connectivity index (χ3n) is 2.81. The first-order chi connectivity index (χ1) is 9.19. The van der Waals surface area contributed by atoms with E-state index in [-0.39, 0.29) is 5.91 Å². The van der Waals surface area contributed by atoms with Crippen LogP contribution in [0, 0.1) is 4.77 Å². The van der Waals surface area contributed by atoms with Crippen molar-refractivity contribution >= 4 is 23.8 Å². The van der Waals surface area contributed by atoms with Gasteiger partial charge < -0.3 is 5.32 Å². The van der Waals surface area contributed by atoms with Gasteiger partial charge in [0.25, 0.3) is 0 Å². The number of amides is 1. The number of rotatable bonds is 5. The van der Waals surface area contributed by atoms with Crippen LogP contribution in [0.1, 0.15) is 24.7 Å². The molecule has 19 heavy (non-hydrogen) atoms. The summed E-state index contributed by atoms with van der Waals surface area (Å²) in [6.45, 7) is 2.06. The summed E-state index contributed by atoms with van der Waals surface area (Å²) in [5.41, 5.74) is 2.01. The van der Waals surface area contributed by atoms with Crippen molar-refractivity contribution in [2.75, 3.05) is 5.32 Å². The van der Waals surface area contributed by atoms with Crippen molar-refractivity contribution in [3.8, 4) is 0 Å². The molecule has 0 saturated heterocycles. The van der Waals surface area contributed by atoms with Crippen molar-refractivity contribution < 1.29 is 4.79 Å². The molecule has 2 rings (SSSR count). The SMILES string of the molecule is CCc1ccccc1NC(=O)CCc1nc(=S)[nH][nH]1. The van der Waals surface area contributed by atoms with E-state index in [1.54, 1.807) is 0 Å². The van der Waals surface area contributed by atoms with Gasteiger partial charge in [0.1, 0.15) is 5.82 Å². The Kier molecular flexibility index (Phi) is 4.46. The molecule has 0 saturated carbocycles. The number of para-hydroxylation sites is 1. The quantitative estimate of drug-likeness (QED) is 0.735. The fourth-order valence-corrected chi connectivity index (χ4v) is 1.98. The monoisotopic (exact) mass is 276 g/mol. The molecule has 100 valence electrons. The number of aromatic amines is 2. The lowest BCUT2D eigenvalue weighted by Crippen LogP contribution is -2.13. The number of nitrogens with zero attached hydrogens (tertiary/aromatic N) is 1. The number of carbonyl (C=O) groups excluding carboxylic acids is 1. The molecule has 1 aromatic carbocycles. The maximum Gasteiger partial charge on any atom is 0.224 e. The van der Waals surface area contributed by atoms with Crippen molar-refractivity contribution in [2.45, 2.75) is 26.2 Å². The molecule has 0 aliphatic heterocycles. The third-order valence-corrected chi connectivity index (χ3v) is 3.00. The van der Waals surface area contributed by atoms with Crippen LogP contribution in [0.2, 0.25) is 0 Å². The number of nitrogens with one attached hydrogen (secondary N) is 3. The highest BCUT2D eigenvalue weighted by atomic mass is 32.1. The van der Waals surface area contributed by atoms with Gasteiger partial charge in [-0.25, -0.2) is 4.98 Å². The second-order valence-corrected chi connectivity index (χ2v) is 4.56. The summed E-state index contributed by atoms with van der Waals surface area (Å²) in [6, 6.07) is 7.82. The van der Waals surface area contributed by atoms with Crippen LogP contribution in [0.25, 0.3) is 0 Å². The van der Waals surface area contributed by atoms with Gasteiger partial charge in [-0.3, -0.25) is 15.0 Å². The lowest BCUT2D eigenvalue weighted by atomic mass is 10.1. The third kappa shape index (κ3) is 3.75. The van der Waals surface area contributed by atoms with Gasteiger partial charge in [-0.1, -0.05) is 25.1 Å². The maximum atomic E-state index is 11.9. The second-order valence-electron chi connectivity index (χ2n) is 4.17. The number of aryl methyl sites for hydroxylation is 2. The van der Waals surface area contributed by atoms with Gasteiger partial charge in [-0.15, -0.1) is 0 Å². The minimum atomic E-state index is -0.0248. The first-order valence-electron chi connectivity index (χ1n) is 6.20. The van der Waals surface area contributed by atoms with E-state index in [0.717, 1.165) is 17.7 Å². The molecule has 6 heteroatoms. The molecular formula is C13H16N4OS. The summed E-state index contributed by atoms with van der Waals surface area (Å²) in [7, 11) is 0. The van der Waals surface area contributed by atoms with Crippen molar-refractivity contribution in [3.63, 3.8) is 0 Å². The highest BCUT2D eigenvalue weighted by Crippen LogP contribution is 2.15. The molecule has 2 aromatic rings. The number of carbonyl (C=O) groups is 1.